The first-order valence-electron chi connectivity index (χ1n) is 18.4. The summed E-state index contributed by atoms with van der Waals surface area (Å²) in [4.78, 5) is 49.6. The van der Waals surface area contributed by atoms with Crippen molar-refractivity contribution in [1.82, 2.24) is 38.8 Å². The van der Waals surface area contributed by atoms with Crippen LogP contribution in [0.25, 0.3) is 21.9 Å². The van der Waals surface area contributed by atoms with E-state index in [4.69, 9.17) is 0 Å². The minimum absolute atomic E-state index is 0.0275. The van der Waals surface area contributed by atoms with Gasteiger partial charge in [-0.2, -0.15) is 19.6 Å². The molecule has 3 aliphatic heterocycles. The van der Waals surface area contributed by atoms with Crippen molar-refractivity contribution in [3.05, 3.63) is 81.8 Å². The highest BCUT2D eigenvalue weighted by Crippen LogP contribution is 2.34. The molecular formula is C38H41N11O5S. The molecule has 2 N–H and O–H groups in total. The van der Waals surface area contributed by atoms with Gasteiger partial charge in [-0.1, -0.05) is 18.2 Å². The van der Waals surface area contributed by atoms with Gasteiger partial charge in [-0.25, -0.2) is 18.2 Å². The number of imide groups is 1. The van der Waals surface area contributed by atoms with Crippen LogP contribution >= 0.6 is 0 Å². The third-order valence-electron chi connectivity index (χ3n) is 11.0. The van der Waals surface area contributed by atoms with Crippen LogP contribution in [0.3, 0.4) is 0 Å². The van der Waals surface area contributed by atoms with Crippen molar-refractivity contribution < 1.29 is 18.0 Å². The van der Waals surface area contributed by atoms with E-state index in [1.807, 2.05) is 31.3 Å². The Morgan fingerprint density at radius 1 is 0.964 bits per heavy atom. The van der Waals surface area contributed by atoms with E-state index >= 15 is 0 Å². The topological polar surface area (TPSA) is 191 Å². The van der Waals surface area contributed by atoms with E-state index in [9.17, 15) is 28.1 Å². The second-order valence-electron chi connectivity index (χ2n) is 14.5. The van der Waals surface area contributed by atoms with E-state index in [0.29, 0.717) is 72.6 Å². The summed E-state index contributed by atoms with van der Waals surface area (Å²) >= 11 is 0. The fourth-order valence-corrected chi connectivity index (χ4v) is 9.47. The quantitative estimate of drug-likeness (QED) is 0.236. The van der Waals surface area contributed by atoms with Crippen LogP contribution in [0.15, 0.2) is 64.4 Å². The van der Waals surface area contributed by atoms with Gasteiger partial charge in [0.05, 0.1) is 10.4 Å². The lowest BCUT2D eigenvalue weighted by Gasteiger charge is -2.33. The zero-order valence-corrected chi connectivity index (χ0v) is 31.4. The Labute approximate surface area is 317 Å². The molecule has 3 fully saturated rings. The summed E-state index contributed by atoms with van der Waals surface area (Å²) in [5.74, 6) is 0.979. The lowest BCUT2D eigenvalue weighted by Crippen LogP contribution is -2.49. The van der Waals surface area contributed by atoms with Gasteiger partial charge in [0.15, 0.2) is 5.82 Å². The van der Waals surface area contributed by atoms with Gasteiger partial charge in [0, 0.05) is 69.7 Å². The summed E-state index contributed by atoms with van der Waals surface area (Å²) in [5.41, 5.74) is 3.12. The average molecular weight is 764 g/mol. The van der Waals surface area contributed by atoms with Crippen LogP contribution < -0.4 is 21.1 Å². The van der Waals surface area contributed by atoms with Crippen molar-refractivity contribution in [3.8, 4) is 6.07 Å². The maximum atomic E-state index is 13.8. The number of amides is 3. The molecule has 17 heteroatoms. The number of benzene rings is 2. The first-order chi connectivity index (χ1) is 26.5. The largest absolute Gasteiger partial charge is 0.351 e. The Balaban J connectivity index is 0.863. The smallest absolute Gasteiger partial charge is 0.329 e. The number of sulfonamides is 1. The first-order valence-corrected chi connectivity index (χ1v) is 19.9. The zero-order valence-electron chi connectivity index (χ0n) is 30.6. The fourth-order valence-electron chi connectivity index (χ4n) is 7.93. The van der Waals surface area contributed by atoms with Crippen LogP contribution in [0.5, 0.6) is 0 Å². The minimum Gasteiger partial charge on any atom is -0.351 e. The predicted molar refractivity (Wildman–Crippen MR) is 205 cm³/mol. The van der Waals surface area contributed by atoms with Crippen LogP contribution in [0, 0.1) is 11.3 Å². The Morgan fingerprint density at radius 2 is 1.75 bits per heavy atom. The normalized spacial score (nSPS) is 18.2. The molecule has 0 bridgehead atoms. The maximum absolute atomic E-state index is 13.8. The van der Waals surface area contributed by atoms with Crippen LogP contribution in [0.2, 0.25) is 0 Å². The van der Waals surface area contributed by atoms with Gasteiger partial charge >= 0.3 is 6.03 Å². The Morgan fingerprint density at radius 3 is 2.49 bits per heavy atom. The van der Waals surface area contributed by atoms with Crippen molar-refractivity contribution >= 4 is 55.7 Å². The summed E-state index contributed by atoms with van der Waals surface area (Å²) in [5, 5.41) is 21.0. The number of nitrogens with zero attached hydrogens (tertiary/aromatic N) is 9. The maximum Gasteiger partial charge on any atom is 0.329 e. The number of carbonyl (C=O) groups excluding carboxylic acids is 2. The standard InChI is InChI=1S/C38H41N11O5S/c1-45-34-28(19-27(21-39)36(45)51)22-40-37(43-34)41-29-10-15-48(16-11-29)55(53,54)30-5-3-4-24(18-30)23-47-13-8-25(9-14-47)26-6-7-31-32(20-26)46(2)44-35(31)49-17-12-33(50)42-38(49)52/h3-7,18-20,22,25,29H,8-17,23H2,1-2H3,(H,40,41,43)(H,42,50,52). The number of piperidine rings is 2. The number of aromatic nitrogens is 5. The van der Waals surface area contributed by atoms with Gasteiger partial charge in [0.25, 0.3) is 5.56 Å². The van der Waals surface area contributed by atoms with Crippen molar-refractivity contribution in [2.45, 2.75) is 55.5 Å². The number of pyridine rings is 1. The highest BCUT2D eigenvalue weighted by Gasteiger charge is 2.31. The SMILES string of the molecule is Cn1nc(N2CCC(=O)NC2=O)c2ccc(C3CCN(Cc4cccc(S(=O)(=O)N5CCC(Nc6ncc7cc(C#N)c(=O)n(C)c7n6)CC5)c4)CC3)cc21. The molecule has 284 valence electrons. The van der Waals surface area contributed by atoms with Gasteiger partial charge in [0.1, 0.15) is 17.3 Å². The molecule has 3 aliphatic rings. The third kappa shape index (κ3) is 7.04. The fraction of sp³-hybridized carbons (Fsp3) is 0.395. The molecule has 0 aliphatic carbocycles. The molecule has 3 saturated heterocycles. The van der Waals surface area contributed by atoms with Gasteiger partial charge < -0.3 is 5.32 Å². The second-order valence-corrected chi connectivity index (χ2v) is 16.4. The number of carbonyl (C=O) groups is 2. The number of nitrogens with one attached hydrogen (secondary N) is 2. The Bertz CT molecular complexity index is 2550. The third-order valence-corrected chi connectivity index (χ3v) is 12.9. The average Bonchev–Trinajstić information content (AvgIpc) is 3.51. The number of hydrogen-bond donors (Lipinski definition) is 2. The van der Waals surface area contributed by atoms with Crippen LogP contribution in [0.1, 0.15) is 54.7 Å². The van der Waals surface area contributed by atoms with E-state index in [0.717, 1.165) is 42.4 Å². The molecule has 3 aromatic heterocycles. The number of aryl methyl sites for hydroxylation is 2. The number of anilines is 2. The number of urea groups is 1. The summed E-state index contributed by atoms with van der Waals surface area (Å²) in [6, 6.07) is 16.4. The number of hydrogen-bond acceptors (Lipinski definition) is 11. The molecule has 0 spiro atoms. The summed E-state index contributed by atoms with van der Waals surface area (Å²) in [6.45, 7) is 3.38. The summed E-state index contributed by atoms with van der Waals surface area (Å²) < 4.78 is 32.2. The summed E-state index contributed by atoms with van der Waals surface area (Å²) in [6.07, 6.45) is 4.85. The van der Waals surface area contributed by atoms with Gasteiger partial charge in [-0.05, 0) is 86.1 Å². The molecule has 5 aromatic rings. The Hall–Kier alpha value is -5.70. The van der Waals surface area contributed by atoms with E-state index in [1.54, 1.807) is 30.1 Å². The van der Waals surface area contributed by atoms with Crippen molar-refractivity contribution in [2.24, 2.45) is 14.1 Å². The van der Waals surface area contributed by atoms with Crippen LogP contribution in [-0.2, 0) is 35.5 Å². The molecule has 0 unspecified atom stereocenters. The molecule has 8 rings (SSSR count). The number of fused-ring (bicyclic) bond motifs is 2. The number of nitriles is 1. The highest BCUT2D eigenvalue weighted by molar-refractivity contribution is 7.89. The summed E-state index contributed by atoms with van der Waals surface area (Å²) in [7, 11) is -0.270. The van der Waals surface area contributed by atoms with E-state index in [2.05, 4.69) is 42.7 Å². The second kappa shape index (κ2) is 14.5. The molecule has 16 nitrogen and oxygen atoms in total. The molecule has 2 aromatic carbocycles. The minimum atomic E-state index is -3.70. The predicted octanol–water partition coefficient (Wildman–Crippen LogP) is 3.18. The Kier molecular flexibility index (Phi) is 9.57. The first kappa shape index (κ1) is 36.3. The lowest BCUT2D eigenvalue weighted by molar-refractivity contribution is -0.120. The van der Waals surface area contributed by atoms with E-state index in [1.165, 1.54) is 25.4 Å². The molecule has 3 amide bonds. The lowest BCUT2D eigenvalue weighted by atomic mass is 9.89. The monoisotopic (exact) mass is 763 g/mol. The van der Waals surface area contributed by atoms with Crippen LogP contribution in [0.4, 0.5) is 16.6 Å². The molecule has 6 heterocycles. The van der Waals surface area contributed by atoms with Gasteiger partial charge in [-0.15, -0.1) is 0 Å². The van der Waals surface area contributed by atoms with Crippen LogP contribution in [-0.4, -0.2) is 92.6 Å². The number of likely N-dealkylation sites (tertiary alicyclic amines) is 1. The van der Waals surface area contributed by atoms with Crippen molar-refractivity contribution in [1.29, 1.82) is 5.26 Å². The highest BCUT2D eigenvalue weighted by atomic mass is 32.2. The molecule has 0 atom stereocenters. The molecule has 0 radical (unpaired) electrons. The van der Waals surface area contributed by atoms with Gasteiger partial charge in [0.2, 0.25) is 21.9 Å². The molecular weight excluding hydrogens is 723 g/mol. The van der Waals surface area contributed by atoms with E-state index < -0.39 is 21.6 Å². The number of rotatable bonds is 8. The molecule has 55 heavy (non-hydrogen) atoms. The zero-order chi connectivity index (χ0) is 38.4. The molecule has 0 saturated carbocycles. The van der Waals surface area contributed by atoms with Gasteiger partial charge in [-0.3, -0.25) is 34.0 Å². The van der Waals surface area contributed by atoms with Crippen molar-refractivity contribution in [3.63, 3.8) is 0 Å². The van der Waals surface area contributed by atoms with E-state index in [-0.39, 0.29) is 23.9 Å². The van der Waals surface area contributed by atoms with Crippen molar-refractivity contribution in [2.75, 3.05) is 42.9 Å².